The van der Waals surface area contributed by atoms with Gasteiger partial charge in [-0.25, -0.2) is 13.2 Å². The maximum atomic E-state index is 13.8. The molecule has 3 aliphatic heterocycles. The monoisotopic (exact) mass is 1330 g/mol. The number of benzene rings is 6. The highest BCUT2D eigenvalue weighted by Crippen LogP contribution is 2.58. The number of aromatic amines is 3. The summed E-state index contributed by atoms with van der Waals surface area (Å²) in [6.07, 6.45) is 14.7. The average molecular weight is 1330 g/mol. The van der Waals surface area contributed by atoms with E-state index in [0.29, 0.717) is 95.9 Å². The van der Waals surface area contributed by atoms with Gasteiger partial charge in [-0.1, -0.05) is 0 Å². The minimum absolute atomic E-state index is 0.161. The van der Waals surface area contributed by atoms with E-state index in [1.54, 1.807) is 0 Å². The third-order valence-corrected chi connectivity index (χ3v) is 22.4. The molecule has 0 atom stereocenters. The number of ether oxygens (including phenoxy) is 3. The second-order valence-corrected chi connectivity index (χ2v) is 28.6. The fraction of sp³-hybridized carbons (Fsp3) is 0.377. The van der Waals surface area contributed by atoms with E-state index in [-0.39, 0.29) is 41.1 Å². The summed E-state index contributed by atoms with van der Waals surface area (Å²) in [4.78, 5) is 35.3. The van der Waals surface area contributed by atoms with Crippen molar-refractivity contribution in [2.75, 3.05) is 39.6 Å². The van der Waals surface area contributed by atoms with Gasteiger partial charge in [-0.05, 0) is 235 Å². The van der Waals surface area contributed by atoms with Gasteiger partial charge in [0.1, 0.15) is 17.5 Å². The minimum Gasteiger partial charge on any atom is -0.481 e. The fourth-order valence-electron chi connectivity index (χ4n) is 17.2. The van der Waals surface area contributed by atoms with Gasteiger partial charge < -0.3 is 43.2 Å². The predicted octanol–water partition coefficient (Wildman–Crippen LogP) is 16.1. The van der Waals surface area contributed by atoms with Crippen LogP contribution in [0.15, 0.2) is 128 Å². The van der Waals surface area contributed by atoms with Crippen LogP contribution in [0.2, 0.25) is 0 Å². The summed E-state index contributed by atoms with van der Waals surface area (Å²) in [5, 5.41) is 57.2. The molecule has 6 N–H and O–H groups in total. The summed E-state index contributed by atoms with van der Waals surface area (Å²) in [5.74, 6) is -1.87. The maximum Gasteiger partial charge on any atom is 0.309 e. The van der Waals surface area contributed by atoms with Gasteiger partial charge in [-0.15, -0.1) is 0 Å². The van der Waals surface area contributed by atoms with Crippen molar-refractivity contribution in [3.05, 3.63) is 179 Å². The highest BCUT2D eigenvalue weighted by atomic mass is 19.1. The highest BCUT2D eigenvalue weighted by molar-refractivity contribution is 6.02. The molecule has 21 heteroatoms. The largest absolute Gasteiger partial charge is 0.481 e. The van der Waals surface area contributed by atoms with Crippen molar-refractivity contribution in [1.82, 2.24) is 44.3 Å². The van der Waals surface area contributed by atoms with Gasteiger partial charge in [0.25, 0.3) is 0 Å². The van der Waals surface area contributed by atoms with Crippen LogP contribution in [0.5, 0.6) is 0 Å². The normalized spacial score (nSPS) is 23.1. The number of aliphatic carboxylic acids is 3. The number of halogens is 3. The lowest BCUT2D eigenvalue weighted by molar-refractivity contribution is -0.154. The number of hydrogen-bond acceptors (Lipinski definition) is 9. The van der Waals surface area contributed by atoms with Crippen LogP contribution in [0.3, 0.4) is 0 Å². The Hall–Kier alpha value is -9.57. The molecule has 98 heavy (non-hydrogen) atoms. The fourth-order valence-corrected chi connectivity index (χ4v) is 17.2. The van der Waals surface area contributed by atoms with Crippen LogP contribution >= 0.6 is 0 Å². The number of carbonyl (C=O) groups is 3. The van der Waals surface area contributed by atoms with Crippen LogP contribution in [-0.4, -0.2) is 117 Å². The molecule has 3 aliphatic carbocycles. The number of fused-ring (bicyclic) bond motifs is 6. The topological polar surface area (TPSA) is 240 Å². The van der Waals surface area contributed by atoms with Gasteiger partial charge in [0.2, 0.25) is 0 Å². The Morgan fingerprint density at radius 2 is 0.714 bits per heavy atom. The molecule has 18 nitrogen and oxygen atoms in total. The molecule has 0 radical (unpaired) electrons. The molecule has 18 rings (SSSR count). The van der Waals surface area contributed by atoms with E-state index in [1.165, 1.54) is 70.2 Å². The van der Waals surface area contributed by atoms with Gasteiger partial charge in [-0.2, -0.15) is 15.3 Å². The van der Waals surface area contributed by atoms with Crippen LogP contribution in [0.4, 0.5) is 13.2 Å². The van der Waals surface area contributed by atoms with Gasteiger partial charge in [0, 0.05) is 124 Å². The van der Waals surface area contributed by atoms with E-state index in [2.05, 4.69) is 80.7 Å². The van der Waals surface area contributed by atoms with Crippen molar-refractivity contribution in [2.45, 2.75) is 126 Å². The third-order valence-electron chi connectivity index (χ3n) is 22.4. The van der Waals surface area contributed by atoms with Crippen molar-refractivity contribution in [3.8, 4) is 17.1 Å². The van der Waals surface area contributed by atoms with Crippen molar-refractivity contribution in [1.29, 1.82) is 0 Å². The second kappa shape index (κ2) is 25.1. The Labute approximate surface area is 561 Å². The quantitative estimate of drug-likeness (QED) is 0.0669. The van der Waals surface area contributed by atoms with E-state index < -0.39 is 28.7 Å². The van der Waals surface area contributed by atoms with E-state index in [9.17, 15) is 42.9 Å². The molecule has 3 saturated heterocycles. The first-order chi connectivity index (χ1) is 47.5. The molecule has 12 aromatic rings. The lowest BCUT2D eigenvalue weighted by Gasteiger charge is -2.43. The number of hydrogen-bond donors (Lipinski definition) is 6. The standard InChI is InChI=1S/2C26H26FN3O3.C25H24FN3O3/c2*1-26(25(31)32)12-17(13-26)23-20-11-21-16(14-28-29-21)10-22(20)30(19-4-2-18(27)3-5-19)24(23)15-6-8-33-9-7-15;26-18-1-3-19(4-2-18)29-22-11-17-13-27-28-21(17)12-20(22)23(15-9-16(10-15)25(30)31)24(29)14-5-7-32-8-6-14/h2*2-5,10-11,14-15,17H,6-9,12-13H2,1H3,(H,28,29)(H,31,32);1-4,11-16H,5-10H2,(H,27,28)(H,30,31). The van der Waals surface area contributed by atoms with Crippen molar-refractivity contribution in [3.63, 3.8) is 0 Å². The Kier molecular flexibility index (Phi) is 16.2. The van der Waals surface area contributed by atoms with Gasteiger partial charge in [0.05, 0.1) is 68.4 Å². The zero-order valence-electron chi connectivity index (χ0n) is 54.5. The van der Waals surface area contributed by atoms with Crippen molar-refractivity contribution < 1.29 is 57.1 Å². The number of aromatic nitrogens is 9. The number of rotatable bonds is 12. The summed E-state index contributed by atoms with van der Waals surface area (Å²) in [5.41, 5.74) is 14.8. The molecule has 504 valence electrons. The van der Waals surface area contributed by atoms with Crippen molar-refractivity contribution >= 4 is 83.3 Å². The molecule has 9 heterocycles. The predicted molar refractivity (Wildman–Crippen MR) is 366 cm³/mol. The Morgan fingerprint density at radius 3 is 0.990 bits per heavy atom. The van der Waals surface area contributed by atoms with Crippen LogP contribution in [0.1, 0.15) is 160 Å². The summed E-state index contributed by atoms with van der Waals surface area (Å²) < 4.78 is 65.1. The van der Waals surface area contributed by atoms with Crippen LogP contribution in [0, 0.1) is 34.2 Å². The highest BCUT2D eigenvalue weighted by Gasteiger charge is 2.51. The molecular formula is C77H76F3N9O9. The number of carboxylic acid groups (broad SMARTS) is 3. The Balaban J connectivity index is 0.000000115. The smallest absolute Gasteiger partial charge is 0.309 e. The lowest BCUT2D eigenvalue weighted by Crippen LogP contribution is -2.40. The second-order valence-electron chi connectivity index (χ2n) is 28.6. The van der Waals surface area contributed by atoms with Crippen LogP contribution in [0.25, 0.3) is 82.5 Å². The molecule has 3 saturated carbocycles. The zero-order valence-corrected chi connectivity index (χ0v) is 54.5. The summed E-state index contributed by atoms with van der Waals surface area (Å²) >= 11 is 0. The molecule has 6 fully saturated rings. The Morgan fingerprint density at radius 1 is 0.429 bits per heavy atom. The first kappa shape index (κ1) is 63.2. The molecule has 6 aliphatic rings. The van der Waals surface area contributed by atoms with Gasteiger partial charge in [0.15, 0.2) is 0 Å². The Bertz CT molecular complexity index is 4820. The van der Waals surface area contributed by atoms with E-state index in [4.69, 9.17) is 14.2 Å². The number of carboxylic acids is 3. The summed E-state index contributed by atoms with van der Waals surface area (Å²) in [7, 11) is 0. The molecule has 6 aromatic carbocycles. The molecule has 0 bridgehead atoms. The van der Waals surface area contributed by atoms with Gasteiger partial charge in [-0.3, -0.25) is 29.7 Å². The van der Waals surface area contributed by atoms with E-state index in [0.717, 1.165) is 121 Å². The lowest BCUT2D eigenvalue weighted by atomic mass is 9.60. The maximum absolute atomic E-state index is 13.8. The van der Waals surface area contributed by atoms with Crippen molar-refractivity contribution in [2.24, 2.45) is 16.7 Å². The average Bonchev–Trinajstić information content (AvgIpc) is 1.56. The third kappa shape index (κ3) is 11.1. The van der Waals surface area contributed by atoms with E-state index >= 15 is 0 Å². The summed E-state index contributed by atoms with van der Waals surface area (Å²) in [6, 6.07) is 32.8. The molecular weight excluding hydrogens is 1250 g/mol. The molecule has 0 amide bonds. The number of nitrogens with one attached hydrogen (secondary N) is 3. The zero-order chi connectivity index (χ0) is 67.3. The SMILES string of the molecule is CC1(C(=O)O)CC(c2c(C3CCOCC3)n(-c3ccc(F)cc3)c3cc4cn[nH]c4cc23)C1.CC1(C(=O)O)CC(c2c(C3CCOCC3)n(-c3ccc(F)cc3)c3cc4cn[nH]c4cc23)C1.O=C(O)C1CC(c2c(C3CCOCC3)n(-c3ccc(F)cc3)c3cc4cn[nH]c4cc23)C1. The summed E-state index contributed by atoms with van der Waals surface area (Å²) in [6.45, 7) is 7.92. The van der Waals surface area contributed by atoms with E-state index in [1.807, 2.05) is 68.8 Å². The molecule has 0 unspecified atom stereocenters. The molecule has 0 spiro atoms. The van der Waals surface area contributed by atoms with Crippen LogP contribution < -0.4 is 0 Å². The number of H-pyrrole nitrogens is 3. The molecule has 6 aromatic heterocycles. The first-order valence-electron chi connectivity index (χ1n) is 34.2. The number of nitrogens with zero attached hydrogens (tertiary/aromatic N) is 6. The van der Waals surface area contributed by atoms with Gasteiger partial charge >= 0.3 is 17.9 Å². The minimum atomic E-state index is -0.732. The van der Waals surface area contributed by atoms with Crippen LogP contribution in [-0.2, 0) is 28.6 Å². The first-order valence-corrected chi connectivity index (χ1v) is 34.2.